The molecule has 0 aliphatic rings. The number of rotatable bonds is 9. The molecule has 0 saturated heterocycles. The average molecular weight is 272 g/mol. The molecule has 0 aromatic carbocycles. The Kier molecular flexibility index (Phi) is 9.00. The second-order valence-electron chi connectivity index (χ2n) is 5.45. The lowest BCUT2D eigenvalue weighted by molar-refractivity contribution is -0.137. The minimum Gasteiger partial charge on any atom is -0.481 e. The molecule has 0 radical (unpaired) electrons. The van der Waals surface area contributed by atoms with E-state index in [0.29, 0.717) is 18.8 Å². The first kappa shape index (κ1) is 17.7. The van der Waals surface area contributed by atoms with Crippen LogP contribution >= 0.6 is 0 Å². The number of hydrogen-bond donors (Lipinski definition) is 3. The molecule has 0 aromatic rings. The predicted octanol–water partition coefficient (Wildman–Crippen LogP) is 2.75. The van der Waals surface area contributed by atoms with E-state index in [9.17, 15) is 9.59 Å². The van der Waals surface area contributed by atoms with Gasteiger partial charge in [0.05, 0.1) is 0 Å². The van der Waals surface area contributed by atoms with Gasteiger partial charge in [-0.2, -0.15) is 0 Å². The minimum absolute atomic E-state index is 0.00449. The standard InChI is InChI=1S/C14H28N2O3/c1-5-10(2)9-12(4)16-14(19)15-11(3)7-6-8-13(17)18/h10-12H,5-9H2,1-4H3,(H,17,18)(H2,15,16,19). The van der Waals surface area contributed by atoms with Crippen LogP contribution in [0.2, 0.25) is 0 Å². The summed E-state index contributed by atoms with van der Waals surface area (Å²) in [6.07, 6.45) is 3.49. The van der Waals surface area contributed by atoms with Crippen molar-refractivity contribution in [3.8, 4) is 0 Å². The number of carboxylic acids is 1. The van der Waals surface area contributed by atoms with Crippen LogP contribution in [-0.2, 0) is 4.79 Å². The number of hydrogen-bond acceptors (Lipinski definition) is 2. The molecule has 112 valence electrons. The first-order valence-electron chi connectivity index (χ1n) is 7.13. The van der Waals surface area contributed by atoms with E-state index < -0.39 is 5.97 Å². The maximum absolute atomic E-state index is 11.7. The highest BCUT2D eigenvalue weighted by molar-refractivity contribution is 5.74. The lowest BCUT2D eigenvalue weighted by Crippen LogP contribution is -2.44. The van der Waals surface area contributed by atoms with Crippen LogP contribution in [-0.4, -0.2) is 29.2 Å². The van der Waals surface area contributed by atoms with E-state index in [1.165, 1.54) is 0 Å². The molecule has 0 aliphatic heterocycles. The van der Waals surface area contributed by atoms with Gasteiger partial charge in [0, 0.05) is 18.5 Å². The summed E-state index contributed by atoms with van der Waals surface area (Å²) in [7, 11) is 0. The number of carbonyl (C=O) groups is 2. The first-order chi connectivity index (χ1) is 8.85. The van der Waals surface area contributed by atoms with Crippen molar-refractivity contribution in [3.63, 3.8) is 0 Å². The van der Waals surface area contributed by atoms with Gasteiger partial charge in [0.15, 0.2) is 0 Å². The van der Waals surface area contributed by atoms with Crippen molar-refractivity contribution in [2.24, 2.45) is 5.92 Å². The van der Waals surface area contributed by atoms with Gasteiger partial charge < -0.3 is 15.7 Å². The fourth-order valence-electron chi connectivity index (χ4n) is 1.95. The Morgan fingerprint density at radius 1 is 1.11 bits per heavy atom. The fraction of sp³-hybridized carbons (Fsp3) is 0.857. The van der Waals surface area contributed by atoms with Crippen LogP contribution in [0.3, 0.4) is 0 Å². The average Bonchev–Trinajstić information content (AvgIpc) is 2.27. The van der Waals surface area contributed by atoms with Crippen LogP contribution in [0.5, 0.6) is 0 Å². The lowest BCUT2D eigenvalue weighted by atomic mass is 10.0. The summed E-state index contributed by atoms with van der Waals surface area (Å²) in [5.41, 5.74) is 0. The van der Waals surface area contributed by atoms with Crippen molar-refractivity contribution in [1.29, 1.82) is 0 Å². The monoisotopic (exact) mass is 272 g/mol. The Morgan fingerprint density at radius 3 is 2.21 bits per heavy atom. The van der Waals surface area contributed by atoms with Crippen molar-refractivity contribution in [2.45, 2.75) is 71.9 Å². The van der Waals surface area contributed by atoms with Gasteiger partial charge in [-0.05, 0) is 39.0 Å². The Hall–Kier alpha value is -1.26. The highest BCUT2D eigenvalue weighted by atomic mass is 16.4. The smallest absolute Gasteiger partial charge is 0.315 e. The van der Waals surface area contributed by atoms with E-state index in [-0.39, 0.29) is 24.5 Å². The summed E-state index contributed by atoms with van der Waals surface area (Å²) in [6, 6.07) is -0.0186. The summed E-state index contributed by atoms with van der Waals surface area (Å²) in [6.45, 7) is 8.20. The number of amides is 2. The second kappa shape index (κ2) is 9.64. The van der Waals surface area contributed by atoms with Crippen LogP contribution in [0.25, 0.3) is 0 Å². The number of urea groups is 1. The molecule has 0 bridgehead atoms. The van der Waals surface area contributed by atoms with Gasteiger partial charge in [-0.3, -0.25) is 4.79 Å². The van der Waals surface area contributed by atoms with Crippen molar-refractivity contribution in [1.82, 2.24) is 10.6 Å². The Balaban J connectivity index is 3.80. The molecule has 19 heavy (non-hydrogen) atoms. The topological polar surface area (TPSA) is 78.4 Å². The quantitative estimate of drug-likeness (QED) is 0.604. The van der Waals surface area contributed by atoms with Gasteiger partial charge in [-0.15, -0.1) is 0 Å². The van der Waals surface area contributed by atoms with Crippen LogP contribution in [0.1, 0.15) is 59.8 Å². The van der Waals surface area contributed by atoms with Gasteiger partial charge in [-0.1, -0.05) is 20.3 Å². The van der Waals surface area contributed by atoms with E-state index in [2.05, 4.69) is 24.5 Å². The Morgan fingerprint density at radius 2 is 1.68 bits per heavy atom. The molecule has 3 atom stereocenters. The maximum Gasteiger partial charge on any atom is 0.315 e. The largest absolute Gasteiger partial charge is 0.481 e. The van der Waals surface area contributed by atoms with Crippen molar-refractivity contribution in [2.75, 3.05) is 0 Å². The lowest BCUT2D eigenvalue weighted by Gasteiger charge is -2.20. The molecule has 0 spiro atoms. The summed E-state index contributed by atoms with van der Waals surface area (Å²) in [5.74, 6) is -0.192. The van der Waals surface area contributed by atoms with E-state index in [1.54, 1.807) is 0 Å². The second-order valence-corrected chi connectivity index (χ2v) is 5.45. The summed E-state index contributed by atoms with van der Waals surface area (Å²) in [5, 5.41) is 14.3. The number of aliphatic carboxylic acids is 1. The predicted molar refractivity (Wildman–Crippen MR) is 76.2 cm³/mol. The molecule has 0 fully saturated rings. The highest BCUT2D eigenvalue weighted by Crippen LogP contribution is 2.09. The van der Waals surface area contributed by atoms with Crippen LogP contribution < -0.4 is 10.6 Å². The third kappa shape index (κ3) is 10.4. The van der Waals surface area contributed by atoms with Crippen LogP contribution in [0.4, 0.5) is 4.79 Å². The zero-order valence-corrected chi connectivity index (χ0v) is 12.5. The molecule has 3 N–H and O–H groups in total. The highest BCUT2D eigenvalue weighted by Gasteiger charge is 2.12. The first-order valence-corrected chi connectivity index (χ1v) is 7.13. The molecule has 2 amide bonds. The number of carboxylic acid groups (broad SMARTS) is 1. The molecule has 3 unspecified atom stereocenters. The molecule has 0 heterocycles. The van der Waals surface area contributed by atoms with Gasteiger partial charge in [0.2, 0.25) is 0 Å². The van der Waals surface area contributed by atoms with E-state index in [1.807, 2.05) is 13.8 Å². The van der Waals surface area contributed by atoms with Gasteiger partial charge in [0.25, 0.3) is 0 Å². The number of nitrogens with one attached hydrogen (secondary N) is 2. The van der Waals surface area contributed by atoms with E-state index in [0.717, 1.165) is 12.8 Å². The fourth-order valence-corrected chi connectivity index (χ4v) is 1.95. The molecule has 0 saturated carbocycles. The summed E-state index contributed by atoms with van der Waals surface area (Å²) < 4.78 is 0. The summed E-state index contributed by atoms with van der Waals surface area (Å²) in [4.78, 5) is 22.1. The van der Waals surface area contributed by atoms with Crippen molar-refractivity contribution in [3.05, 3.63) is 0 Å². The molecular formula is C14H28N2O3. The van der Waals surface area contributed by atoms with Crippen molar-refractivity contribution >= 4 is 12.0 Å². The van der Waals surface area contributed by atoms with Gasteiger partial charge in [0.1, 0.15) is 0 Å². The Labute approximate surface area is 116 Å². The van der Waals surface area contributed by atoms with Crippen molar-refractivity contribution < 1.29 is 14.7 Å². The minimum atomic E-state index is -0.793. The van der Waals surface area contributed by atoms with Crippen LogP contribution in [0.15, 0.2) is 0 Å². The van der Waals surface area contributed by atoms with Crippen LogP contribution in [0, 0.1) is 5.92 Å². The molecule has 5 heteroatoms. The third-order valence-corrected chi connectivity index (χ3v) is 3.24. The molecule has 0 rings (SSSR count). The van der Waals surface area contributed by atoms with Gasteiger partial charge >= 0.3 is 12.0 Å². The molecule has 0 aliphatic carbocycles. The number of carbonyl (C=O) groups excluding carboxylic acids is 1. The zero-order chi connectivity index (χ0) is 14.8. The summed E-state index contributed by atoms with van der Waals surface area (Å²) >= 11 is 0. The van der Waals surface area contributed by atoms with E-state index >= 15 is 0 Å². The Bertz CT molecular complexity index is 282. The SMILES string of the molecule is CCC(C)CC(C)NC(=O)NC(C)CCCC(=O)O. The van der Waals surface area contributed by atoms with E-state index in [4.69, 9.17) is 5.11 Å². The molecule has 5 nitrogen and oxygen atoms in total. The maximum atomic E-state index is 11.7. The van der Waals surface area contributed by atoms with Gasteiger partial charge in [-0.25, -0.2) is 4.79 Å². The molecule has 0 aromatic heterocycles. The third-order valence-electron chi connectivity index (χ3n) is 3.24. The molecular weight excluding hydrogens is 244 g/mol. The zero-order valence-electron chi connectivity index (χ0n) is 12.5. The normalized spacial score (nSPS) is 15.4.